The molecule has 0 saturated heterocycles. The van der Waals surface area contributed by atoms with Gasteiger partial charge in [0.15, 0.2) is 0 Å². The third-order valence-corrected chi connectivity index (χ3v) is 8.73. The zero-order valence-corrected chi connectivity index (χ0v) is 21.3. The van der Waals surface area contributed by atoms with Crippen molar-refractivity contribution < 1.29 is 0 Å². The van der Waals surface area contributed by atoms with Crippen LogP contribution in [0.15, 0.2) is 76.4 Å². The second kappa shape index (κ2) is 9.64. The summed E-state index contributed by atoms with van der Waals surface area (Å²) in [6.07, 6.45) is 4.06. The van der Waals surface area contributed by atoms with Crippen LogP contribution in [0.25, 0.3) is 11.0 Å². The van der Waals surface area contributed by atoms with Gasteiger partial charge in [0, 0.05) is 28.4 Å². The smallest absolute Gasteiger partial charge is 0.102 e. The predicted octanol–water partition coefficient (Wildman–Crippen LogP) is 7.40. The Labute approximate surface area is 211 Å². The maximum absolute atomic E-state index is 10.4. The van der Waals surface area contributed by atoms with Crippen molar-refractivity contribution in [2.75, 3.05) is 11.5 Å². The van der Waals surface area contributed by atoms with Gasteiger partial charge in [-0.25, -0.2) is 0 Å². The van der Waals surface area contributed by atoms with E-state index in [0.717, 1.165) is 48.6 Å². The molecule has 5 heterocycles. The molecule has 0 atom stereocenters. The Morgan fingerprint density at radius 2 is 1.32 bits per heavy atom. The summed E-state index contributed by atoms with van der Waals surface area (Å²) < 4.78 is 4.27. The number of hydrogen-bond donors (Lipinski definition) is 0. The summed E-state index contributed by atoms with van der Waals surface area (Å²) in [5.74, 6) is 1.51. The highest BCUT2D eigenvalue weighted by Crippen LogP contribution is 2.47. The van der Waals surface area contributed by atoms with E-state index in [1.807, 2.05) is 42.7 Å². The molecule has 0 aliphatic heterocycles. The van der Waals surface area contributed by atoms with Crippen LogP contribution in [0.2, 0.25) is 0 Å². The maximum atomic E-state index is 10.4. The molecule has 5 rings (SSSR count). The topological polar surface area (TPSA) is 56.4 Å². The van der Waals surface area contributed by atoms with E-state index in [0.29, 0.717) is 11.1 Å². The molecule has 0 spiro atoms. The van der Waals surface area contributed by atoms with Gasteiger partial charge in [0.05, 0.1) is 38.1 Å². The number of nitriles is 2. The fourth-order valence-electron chi connectivity index (χ4n) is 4.65. The van der Waals surface area contributed by atoms with Crippen molar-refractivity contribution in [2.45, 2.75) is 29.8 Å². The molecule has 4 nitrogen and oxygen atoms in total. The third kappa shape index (κ3) is 3.52. The summed E-state index contributed by atoms with van der Waals surface area (Å²) in [6, 6.07) is 21.5. The highest BCUT2D eigenvalue weighted by molar-refractivity contribution is 7.99. The first kappa shape index (κ1) is 22.7. The van der Waals surface area contributed by atoms with E-state index in [1.165, 1.54) is 0 Å². The van der Waals surface area contributed by atoms with Crippen LogP contribution in [0.4, 0.5) is 0 Å². The van der Waals surface area contributed by atoms with Crippen LogP contribution in [0.5, 0.6) is 0 Å². The normalized spacial score (nSPS) is 11.3. The van der Waals surface area contributed by atoms with Crippen molar-refractivity contribution in [3.8, 4) is 12.1 Å². The summed E-state index contributed by atoms with van der Waals surface area (Å²) in [4.78, 5) is 1.13. The highest BCUT2D eigenvalue weighted by Gasteiger charge is 2.33. The van der Waals surface area contributed by atoms with E-state index in [9.17, 15) is 10.5 Å². The Bertz CT molecular complexity index is 1460. The number of thiophene rings is 1. The lowest BCUT2D eigenvalue weighted by Gasteiger charge is -2.17. The minimum atomic E-state index is -0.225. The summed E-state index contributed by atoms with van der Waals surface area (Å²) in [7, 11) is 0. The average Bonchev–Trinajstić information content (AvgIpc) is 3.58. The van der Waals surface area contributed by atoms with Crippen LogP contribution in [0.1, 0.15) is 46.9 Å². The van der Waals surface area contributed by atoms with Gasteiger partial charge in [0.25, 0.3) is 0 Å². The number of thioether (sulfide) groups is 2. The van der Waals surface area contributed by atoms with Crippen LogP contribution in [-0.2, 0) is 0 Å². The molecule has 0 aromatic carbocycles. The van der Waals surface area contributed by atoms with E-state index in [1.54, 1.807) is 34.9 Å². The van der Waals surface area contributed by atoms with E-state index < -0.39 is 0 Å². The fourth-order valence-corrected chi connectivity index (χ4v) is 7.24. The van der Waals surface area contributed by atoms with E-state index in [2.05, 4.69) is 58.4 Å². The molecule has 0 saturated carbocycles. The first-order valence-corrected chi connectivity index (χ1v) is 13.9. The largest absolute Gasteiger partial charge is 0.310 e. The number of aromatic nitrogens is 2. The zero-order valence-electron chi connectivity index (χ0n) is 18.9. The lowest BCUT2D eigenvalue weighted by Crippen LogP contribution is -2.05. The first-order chi connectivity index (χ1) is 16.7. The molecule has 0 radical (unpaired) electrons. The molecule has 0 aliphatic carbocycles. The summed E-state index contributed by atoms with van der Waals surface area (Å²) in [5, 5.41) is 24.8. The van der Waals surface area contributed by atoms with Gasteiger partial charge in [-0.2, -0.15) is 10.5 Å². The molecule has 0 fully saturated rings. The van der Waals surface area contributed by atoms with Crippen LogP contribution in [0.3, 0.4) is 0 Å². The second-order valence-corrected chi connectivity index (χ2v) is 11.1. The van der Waals surface area contributed by atoms with Crippen LogP contribution in [-0.4, -0.2) is 20.3 Å². The number of hydrogen-bond acceptors (Lipinski definition) is 5. The summed E-state index contributed by atoms with van der Waals surface area (Å²) in [5.41, 5.74) is 5.36. The molecular formula is C27H22N4S3. The first-order valence-electron chi connectivity index (χ1n) is 11.1. The van der Waals surface area contributed by atoms with Crippen LogP contribution < -0.4 is 0 Å². The Morgan fingerprint density at radius 1 is 0.794 bits per heavy atom. The molecule has 168 valence electrons. The van der Waals surface area contributed by atoms with Crippen molar-refractivity contribution >= 4 is 45.9 Å². The van der Waals surface area contributed by atoms with Crippen molar-refractivity contribution in [3.05, 3.63) is 93.4 Å². The van der Waals surface area contributed by atoms with E-state index in [-0.39, 0.29) is 5.92 Å². The minimum absolute atomic E-state index is 0.225. The van der Waals surface area contributed by atoms with Crippen molar-refractivity contribution in [3.63, 3.8) is 0 Å². The predicted molar refractivity (Wildman–Crippen MR) is 142 cm³/mol. The van der Waals surface area contributed by atoms with Gasteiger partial charge in [-0.15, -0.1) is 34.9 Å². The van der Waals surface area contributed by atoms with Crippen LogP contribution in [0, 0.1) is 22.7 Å². The van der Waals surface area contributed by atoms with Gasteiger partial charge in [0.2, 0.25) is 0 Å². The Morgan fingerprint density at radius 3 is 1.74 bits per heavy atom. The molecule has 5 aromatic rings. The lowest BCUT2D eigenvalue weighted by molar-refractivity contribution is 1.02. The molecule has 0 amide bonds. The molecule has 0 aliphatic rings. The monoisotopic (exact) mass is 498 g/mol. The van der Waals surface area contributed by atoms with Crippen molar-refractivity contribution in [1.29, 1.82) is 10.5 Å². The lowest BCUT2D eigenvalue weighted by atomic mass is 9.86. The number of fused-ring (bicyclic) bond motifs is 2. The number of rotatable bonds is 7. The Kier molecular flexibility index (Phi) is 6.43. The molecule has 34 heavy (non-hydrogen) atoms. The standard InChI is InChI=1S/C27H22N4S3/c1-3-32-26-18(16-28)23(20-10-5-7-13-30(20)26)25(22-12-9-15-34-22)24-19(17-29)27(33-4-2)31-14-8-6-11-21(24)31/h5-15,25H,3-4H2,1-2H3. The van der Waals surface area contributed by atoms with Gasteiger partial charge in [-0.05, 0) is 47.2 Å². The highest BCUT2D eigenvalue weighted by atomic mass is 32.2. The number of pyridine rings is 2. The Hall–Kier alpha value is -3.10. The van der Waals surface area contributed by atoms with Gasteiger partial charge in [-0.1, -0.05) is 32.0 Å². The van der Waals surface area contributed by atoms with Crippen LogP contribution >= 0.6 is 34.9 Å². The fraction of sp³-hybridized carbons (Fsp3) is 0.185. The average molecular weight is 499 g/mol. The number of nitrogens with zero attached hydrogens (tertiary/aromatic N) is 4. The third-order valence-electron chi connectivity index (χ3n) is 5.87. The summed E-state index contributed by atoms with van der Waals surface area (Å²) >= 11 is 5.04. The Balaban J connectivity index is 1.94. The van der Waals surface area contributed by atoms with Gasteiger partial charge < -0.3 is 8.80 Å². The molecule has 0 unspecified atom stereocenters. The van der Waals surface area contributed by atoms with Crippen molar-refractivity contribution in [2.24, 2.45) is 0 Å². The maximum Gasteiger partial charge on any atom is 0.102 e. The summed E-state index contributed by atoms with van der Waals surface area (Å²) in [6.45, 7) is 4.21. The van der Waals surface area contributed by atoms with Gasteiger partial charge in [0.1, 0.15) is 12.1 Å². The van der Waals surface area contributed by atoms with Gasteiger partial charge >= 0.3 is 0 Å². The zero-order chi connectivity index (χ0) is 23.7. The quantitative estimate of drug-likeness (QED) is 0.219. The minimum Gasteiger partial charge on any atom is -0.310 e. The van der Waals surface area contributed by atoms with Crippen molar-refractivity contribution in [1.82, 2.24) is 8.80 Å². The van der Waals surface area contributed by atoms with Gasteiger partial charge in [-0.3, -0.25) is 0 Å². The second-order valence-electron chi connectivity index (χ2n) is 7.64. The molecule has 7 heteroatoms. The SMILES string of the molecule is CCSc1c(C#N)c(C(c2cccs2)c2c(C#N)c(SCC)n3ccccc23)c2ccccn12. The molecule has 5 aromatic heterocycles. The van der Waals surface area contributed by atoms with E-state index >= 15 is 0 Å². The molecule has 0 N–H and O–H groups in total. The molecule has 0 bridgehead atoms. The van der Waals surface area contributed by atoms with E-state index in [4.69, 9.17) is 0 Å². The molecular weight excluding hydrogens is 477 g/mol.